The fourth-order valence-corrected chi connectivity index (χ4v) is 2.77. The molecule has 1 heterocycles. The lowest BCUT2D eigenvalue weighted by molar-refractivity contribution is 0.405. The summed E-state index contributed by atoms with van der Waals surface area (Å²) < 4.78 is 0. The van der Waals surface area contributed by atoms with Gasteiger partial charge in [-0.25, -0.2) is 4.98 Å². The zero-order valence-corrected chi connectivity index (χ0v) is 13.8. The Bertz CT molecular complexity index is 552. The van der Waals surface area contributed by atoms with Gasteiger partial charge in [0.15, 0.2) is 0 Å². The zero-order valence-electron chi connectivity index (χ0n) is 13.0. The van der Waals surface area contributed by atoms with Crippen LogP contribution in [-0.2, 0) is 0 Å². The lowest BCUT2D eigenvalue weighted by Crippen LogP contribution is -2.16. The topological polar surface area (TPSA) is 28.2 Å². The molecule has 2 rings (SSSR count). The van der Waals surface area contributed by atoms with Gasteiger partial charge in [-0.2, -0.15) is 0 Å². The predicted molar refractivity (Wildman–Crippen MR) is 93.1 cm³/mol. The molecule has 2 aromatic rings. The number of aromatic nitrogens is 1. The third-order valence-electron chi connectivity index (χ3n) is 3.27. The van der Waals surface area contributed by atoms with Crippen molar-refractivity contribution in [2.75, 3.05) is 38.8 Å². The van der Waals surface area contributed by atoms with E-state index >= 15 is 0 Å². The van der Waals surface area contributed by atoms with E-state index < -0.39 is 0 Å². The first-order chi connectivity index (χ1) is 10.2. The molecule has 0 aliphatic heterocycles. The first-order valence-electron chi connectivity index (χ1n) is 7.19. The second-order valence-corrected chi connectivity index (χ2v) is 6.06. The van der Waals surface area contributed by atoms with Gasteiger partial charge in [0.1, 0.15) is 5.82 Å². The summed E-state index contributed by atoms with van der Waals surface area (Å²) in [6.07, 6.45) is 5.17. The summed E-state index contributed by atoms with van der Waals surface area (Å²) in [4.78, 5) is 7.99. The molecule has 0 atom stereocenters. The summed E-state index contributed by atoms with van der Waals surface area (Å²) in [5.41, 5.74) is 2.41. The van der Waals surface area contributed by atoms with E-state index in [4.69, 9.17) is 0 Å². The smallest absolute Gasteiger partial charge is 0.125 e. The van der Waals surface area contributed by atoms with E-state index in [2.05, 4.69) is 71.9 Å². The molecule has 1 aromatic carbocycles. The van der Waals surface area contributed by atoms with Gasteiger partial charge in [-0.3, -0.25) is 0 Å². The van der Waals surface area contributed by atoms with Crippen molar-refractivity contribution in [2.24, 2.45) is 0 Å². The Balaban J connectivity index is 1.98. The van der Waals surface area contributed by atoms with Gasteiger partial charge in [-0.05, 0) is 57.1 Å². The largest absolute Gasteiger partial charge is 0.370 e. The number of anilines is 1. The van der Waals surface area contributed by atoms with E-state index in [1.165, 1.54) is 16.0 Å². The summed E-state index contributed by atoms with van der Waals surface area (Å²) in [6.45, 7) is 2.04. The summed E-state index contributed by atoms with van der Waals surface area (Å²) in [5, 5.41) is 3.36. The van der Waals surface area contributed by atoms with Gasteiger partial charge in [0.05, 0.1) is 0 Å². The molecule has 0 saturated heterocycles. The molecule has 0 unspecified atom stereocenters. The van der Waals surface area contributed by atoms with Crippen molar-refractivity contribution < 1.29 is 0 Å². The van der Waals surface area contributed by atoms with E-state index in [0.29, 0.717) is 0 Å². The van der Waals surface area contributed by atoms with Gasteiger partial charge < -0.3 is 10.2 Å². The summed E-state index contributed by atoms with van der Waals surface area (Å²) >= 11 is 1.77. The van der Waals surface area contributed by atoms with Crippen molar-refractivity contribution in [2.45, 2.75) is 11.3 Å². The van der Waals surface area contributed by atoms with Crippen LogP contribution in [0.2, 0.25) is 0 Å². The molecule has 0 aliphatic carbocycles. The van der Waals surface area contributed by atoms with Gasteiger partial charge in [0.25, 0.3) is 0 Å². The maximum Gasteiger partial charge on any atom is 0.125 e. The molecular formula is C17H23N3S. The maximum atomic E-state index is 4.51. The van der Waals surface area contributed by atoms with Crippen LogP contribution in [0.5, 0.6) is 0 Å². The minimum atomic E-state index is 0.944. The van der Waals surface area contributed by atoms with Crippen LogP contribution in [0.15, 0.2) is 47.5 Å². The fourth-order valence-electron chi connectivity index (χ4n) is 2.15. The first-order valence-corrected chi connectivity index (χ1v) is 8.41. The van der Waals surface area contributed by atoms with Crippen molar-refractivity contribution in [3.63, 3.8) is 0 Å². The summed E-state index contributed by atoms with van der Waals surface area (Å²) in [5.74, 6) is 0.944. The molecule has 112 valence electrons. The minimum absolute atomic E-state index is 0.944. The number of nitrogens with one attached hydrogen (secondary N) is 1. The van der Waals surface area contributed by atoms with Crippen molar-refractivity contribution >= 4 is 17.6 Å². The molecule has 0 saturated carbocycles. The number of pyridine rings is 1. The molecule has 0 spiro atoms. The van der Waals surface area contributed by atoms with E-state index in [1.807, 2.05) is 6.20 Å². The highest BCUT2D eigenvalue weighted by Gasteiger charge is 2.04. The number of thioether (sulfide) groups is 1. The van der Waals surface area contributed by atoms with E-state index in [1.54, 1.807) is 11.8 Å². The van der Waals surface area contributed by atoms with Crippen LogP contribution < -0.4 is 5.32 Å². The average molecular weight is 301 g/mol. The number of nitrogens with zero attached hydrogens (tertiary/aromatic N) is 2. The Morgan fingerprint density at radius 2 is 1.95 bits per heavy atom. The normalized spacial score (nSPS) is 10.9. The Kier molecular flexibility index (Phi) is 6.08. The Morgan fingerprint density at radius 3 is 2.62 bits per heavy atom. The van der Waals surface area contributed by atoms with Crippen molar-refractivity contribution in [1.29, 1.82) is 0 Å². The summed E-state index contributed by atoms with van der Waals surface area (Å²) in [7, 11) is 4.19. The molecule has 21 heavy (non-hydrogen) atoms. The Labute approximate surface area is 131 Å². The molecular weight excluding hydrogens is 278 g/mol. The number of rotatable bonds is 7. The lowest BCUT2D eigenvalue weighted by Gasteiger charge is -2.11. The number of hydrogen-bond acceptors (Lipinski definition) is 4. The highest BCUT2D eigenvalue weighted by Crippen LogP contribution is 2.29. The molecule has 0 amide bonds. The molecule has 1 aromatic heterocycles. The van der Waals surface area contributed by atoms with Gasteiger partial charge in [-0.1, -0.05) is 18.2 Å². The highest BCUT2D eigenvalue weighted by molar-refractivity contribution is 7.98. The van der Waals surface area contributed by atoms with Gasteiger partial charge in [0, 0.05) is 23.2 Å². The van der Waals surface area contributed by atoms with Crippen LogP contribution in [0.25, 0.3) is 11.1 Å². The Hall–Kier alpha value is -1.52. The van der Waals surface area contributed by atoms with Crippen LogP contribution in [0, 0.1) is 0 Å². The van der Waals surface area contributed by atoms with Gasteiger partial charge in [0.2, 0.25) is 0 Å². The van der Waals surface area contributed by atoms with Crippen LogP contribution in [0.3, 0.4) is 0 Å². The average Bonchev–Trinajstić information content (AvgIpc) is 2.52. The molecule has 0 aliphatic rings. The number of hydrogen-bond donors (Lipinski definition) is 1. The standard InChI is InChI=1S/C17H23N3S/c1-20(2)12-6-11-18-17-10-9-14(13-19-17)15-7-4-5-8-16(15)21-3/h4-5,7-10,13H,6,11-12H2,1-3H3,(H,18,19). The quantitative estimate of drug-likeness (QED) is 0.621. The second kappa shape index (κ2) is 8.05. The van der Waals surface area contributed by atoms with Crippen LogP contribution in [0.4, 0.5) is 5.82 Å². The minimum Gasteiger partial charge on any atom is -0.370 e. The highest BCUT2D eigenvalue weighted by atomic mass is 32.2. The van der Waals surface area contributed by atoms with Crippen LogP contribution in [0.1, 0.15) is 6.42 Å². The van der Waals surface area contributed by atoms with Crippen molar-refractivity contribution in [3.05, 3.63) is 42.6 Å². The van der Waals surface area contributed by atoms with Crippen LogP contribution >= 0.6 is 11.8 Å². The zero-order chi connectivity index (χ0) is 15.1. The lowest BCUT2D eigenvalue weighted by atomic mass is 10.1. The third kappa shape index (κ3) is 4.76. The van der Waals surface area contributed by atoms with Crippen LogP contribution in [-0.4, -0.2) is 43.3 Å². The number of benzene rings is 1. The predicted octanol–water partition coefficient (Wildman–Crippen LogP) is 3.83. The molecule has 3 nitrogen and oxygen atoms in total. The SMILES string of the molecule is CSc1ccccc1-c1ccc(NCCCN(C)C)nc1. The second-order valence-electron chi connectivity index (χ2n) is 5.22. The molecule has 0 fully saturated rings. The monoisotopic (exact) mass is 301 g/mol. The van der Waals surface area contributed by atoms with E-state index in [0.717, 1.165) is 25.3 Å². The van der Waals surface area contributed by atoms with Gasteiger partial charge in [-0.15, -0.1) is 11.8 Å². The molecule has 1 N–H and O–H groups in total. The third-order valence-corrected chi connectivity index (χ3v) is 4.07. The summed E-state index contributed by atoms with van der Waals surface area (Å²) in [6, 6.07) is 12.6. The van der Waals surface area contributed by atoms with Crippen molar-refractivity contribution in [1.82, 2.24) is 9.88 Å². The maximum absolute atomic E-state index is 4.51. The molecule has 4 heteroatoms. The molecule has 0 bridgehead atoms. The van der Waals surface area contributed by atoms with Crippen molar-refractivity contribution in [3.8, 4) is 11.1 Å². The van der Waals surface area contributed by atoms with E-state index in [9.17, 15) is 0 Å². The first kappa shape index (κ1) is 15.9. The Morgan fingerprint density at radius 1 is 1.14 bits per heavy atom. The molecule has 0 radical (unpaired) electrons. The fraction of sp³-hybridized carbons (Fsp3) is 0.353. The van der Waals surface area contributed by atoms with Gasteiger partial charge >= 0.3 is 0 Å². The van der Waals surface area contributed by atoms with E-state index in [-0.39, 0.29) is 0 Å².